The molecular formula is C10H19NO2S. The van der Waals surface area contributed by atoms with E-state index >= 15 is 0 Å². The van der Waals surface area contributed by atoms with Crippen LogP contribution in [0.5, 0.6) is 0 Å². The van der Waals surface area contributed by atoms with Crippen LogP contribution in [0.25, 0.3) is 0 Å². The van der Waals surface area contributed by atoms with Crippen LogP contribution in [0.3, 0.4) is 0 Å². The number of nitrogens with one attached hydrogen (secondary N) is 1. The summed E-state index contributed by atoms with van der Waals surface area (Å²) >= 11 is 1.90. The minimum Gasteiger partial charge on any atom is -0.468 e. The predicted octanol–water partition coefficient (Wildman–Crippen LogP) is 1.42. The Kier molecular flexibility index (Phi) is 5.33. The number of rotatable bonds is 5. The van der Waals surface area contributed by atoms with Crippen LogP contribution in [0.1, 0.15) is 25.7 Å². The Morgan fingerprint density at radius 1 is 1.57 bits per heavy atom. The Bertz CT molecular complexity index is 181. The van der Waals surface area contributed by atoms with E-state index in [2.05, 4.69) is 5.32 Å². The SMILES string of the molecule is CNC(CSC1CCCC1)C(=O)OC. The third-order valence-corrected chi connectivity index (χ3v) is 4.10. The first kappa shape index (κ1) is 11.9. The minimum absolute atomic E-state index is 0.148. The maximum absolute atomic E-state index is 11.2. The zero-order chi connectivity index (χ0) is 10.4. The summed E-state index contributed by atoms with van der Waals surface area (Å²) in [4.78, 5) is 11.2. The molecule has 1 atom stereocenters. The van der Waals surface area contributed by atoms with E-state index < -0.39 is 0 Å². The van der Waals surface area contributed by atoms with Crippen LogP contribution < -0.4 is 5.32 Å². The van der Waals surface area contributed by atoms with Crippen molar-refractivity contribution in [2.24, 2.45) is 0 Å². The highest BCUT2D eigenvalue weighted by molar-refractivity contribution is 8.00. The van der Waals surface area contributed by atoms with Gasteiger partial charge in [-0.05, 0) is 19.9 Å². The number of carbonyl (C=O) groups is 1. The van der Waals surface area contributed by atoms with Crippen molar-refractivity contribution < 1.29 is 9.53 Å². The lowest BCUT2D eigenvalue weighted by atomic mass is 10.3. The van der Waals surface area contributed by atoms with Crippen molar-refractivity contribution in [1.82, 2.24) is 5.32 Å². The smallest absolute Gasteiger partial charge is 0.323 e. The molecule has 0 amide bonds. The van der Waals surface area contributed by atoms with Gasteiger partial charge < -0.3 is 10.1 Å². The molecule has 0 heterocycles. The molecule has 0 bridgehead atoms. The highest BCUT2D eigenvalue weighted by atomic mass is 32.2. The summed E-state index contributed by atoms with van der Waals surface area (Å²) in [7, 11) is 3.24. The third-order valence-electron chi connectivity index (χ3n) is 2.63. The molecule has 0 aliphatic heterocycles. The molecule has 0 aromatic carbocycles. The first-order valence-corrected chi connectivity index (χ1v) is 6.19. The molecule has 0 spiro atoms. The molecule has 1 unspecified atom stereocenters. The molecule has 0 aromatic rings. The average Bonchev–Trinajstić information content (AvgIpc) is 2.71. The molecule has 1 rings (SSSR count). The molecule has 0 radical (unpaired) electrons. The Morgan fingerprint density at radius 2 is 2.21 bits per heavy atom. The molecule has 82 valence electrons. The van der Waals surface area contributed by atoms with Crippen molar-refractivity contribution in [3.05, 3.63) is 0 Å². The maximum Gasteiger partial charge on any atom is 0.323 e. The van der Waals surface area contributed by atoms with Crippen LogP contribution >= 0.6 is 11.8 Å². The first-order chi connectivity index (χ1) is 6.77. The highest BCUT2D eigenvalue weighted by Crippen LogP contribution is 2.29. The number of carbonyl (C=O) groups excluding carboxylic acids is 1. The molecule has 1 N–H and O–H groups in total. The van der Waals surface area contributed by atoms with Crippen molar-refractivity contribution in [3.8, 4) is 0 Å². The van der Waals surface area contributed by atoms with Crippen LogP contribution in [0.4, 0.5) is 0 Å². The summed E-state index contributed by atoms with van der Waals surface area (Å²) in [5.41, 5.74) is 0. The first-order valence-electron chi connectivity index (χ1n) is 5.14. The summed E-state index contributed by atoms with van der Waals surface area (Å²) in [6, 6.07) is -0.148. The van der Waals surface area contributed by atoms with Crippen molar-refractivity contribution in [3.63, 3.8) is 0 Å². The fourth-order valence-corrected chi connectivity index (χ4v) is 3.13. The van der Waals surface area contributed by atoms with Crippen molar-refractivity contribution in [1.29, 1.82) is 0 Å². The van der Waals surface area contributed by atoms with Crippen LogP contribution in [0.15, 0.2) is 0 Å². The minimum atomic E-state index is -0.155. The van der Waals surface area contributed by atoms with Crippen LogP contribution in [-0.2, 0) is 9.53 Å². The molecule has 0 saturated heterocycles. The molecule has 14 heavy (non-hydrogen) atoms. The second-order valence-electron chi connectivity index (χ2n) is 3.60. The molecule has 1 aliphatic carbocycles. The fraction of sp³-hybridized carbons (Fsp3) is 0.900. The largest absolute Gasteiger partial charge is 0.468 e. The summed E-state index contributed by atoms with van der Waals surface area (Å²) in [5, 5.41) is 3.74. The lowest BCUT2D eigenvalue weighted by Crippen LogP contribution is -2.37. The number of methoxy groups -OCH3 is 1. The van der Waals surface area contributed by atoms with Crippen molar-refractivity contribution in [2.45, 2.75) is 37.0 Å². The van der Waals surface area contributed by atoms with Gasteiger partial charge in [-0.25, -0.2) is 0 Å². The number of thioether (sulfide) groups is 1. The molecule has 3 nitrogen and oxygen atoms in total. The topological polar surface area (TPSA) is 38.3 Å². The zero-order valence-corrected chi connectivity index (χ0v) is 9.73. The molecule has 1 saturated carbocycles. The number of hydrogen-bond acceptors (Lipinski definition) is 4. The van der Waals surface area contributed by atoms with E-state index in [9.17, 15) is 4.79 Å². The fourth-order valence-electron chi connectivity index (χ4n) is 1.70. The van der Waals surface area contributed by atoms with Crippen LogP contribution in [0, 0.1) is 0 Å². The van der Waals surface area contributed by atoms with E-state index in [-0.39, 0.29) is 12.0 Å². The summed E-state index contributed by atoms with van der Waals surface area (Å²) in [6.45, 7) is 0. The van der Waals surface area contributed by atoms with E-state index in [4.69, 9.17) is 4.74 Å². The summed E-state index contributed by atoms with van der Waals surface area (Å²) < 4.78 is 4.70. The second kappa shape index (κ2) is 6.30. The number of esters is 1. The second-order valence-corrected chi connectivity index (χ2v) is 4.94. The van der Waals surface area contributed by atoms with Crippen LogP contribution in [0.2, 0.25) is 0 Å². The number of ether oxygens (including phenoxy) is 1. The van der Waals surface area contributed by atoms with Gasteiger partial charge in [-0.2, -0.15) is 11.8 Å². The predicted molar refractivity (Wildman–Crippen MR) is 59.6 cm³/mol. The van der Waals surface area contributed by atoms with Crippen molar-refractivity contribution in [2.75, 3.05) is 19.9 Å². The normalized spacial score (nSPS) is 19.6. The van der Waals surface area contributed by atoms with Crippen LogP contribution in [-0.4, -0.2) is 37.2 Å². The standard InChI is InChI=1S/C10H19NO2S/c1-11-9(10(12)13-2)7-14-8-5-3-4-6-8/h8-9,11H,3-7H2,1-2H3. The highest BCUT2D eigenvalue weighted by Gasteiger charge is 2.21. The van der Waals surface area contributed by atoms with E-state index in [1.807, 2.05) is 11.8 Å². The maximum atomic E-state index is 11.2. The lowest BCUT2D eigenvalue weighted by Gasteiger charge is -2.15. The zero-order valence-electron chi connectivity index (χ0n) is 8.91. The quantitative estimate of drug-likeness (QED) is 0.707. The van der Waals surface area contributed by atoms with Gasteiger partial charge in [0, 0.05) is 11.0 Å². The summed E-state index contributed by atoms with van der Waals surface area (Å²) in [6.07, 6.45) is 5.31. The van der Waals surface area contributed by atoms with Gasteiger partial charge in [0.15, 0.2) is 0 Å². The van der Waals surface area contributed by atoms with Gasteiger partial charge in [0.05, 0.1) is 7.11 Å². The molecule has 1 fully saturated rings. The molecule has 1 aliphatic rings. The average molecular weight is 217 g/mol. The molecule has 4 heteroatoms. The van der Waals surface area contributed by atoms with E-state index in [0.717, 1.165) is 11.0 Å². The lowest BCUT2D eigenvalue weighted by molar-refractivity contribution is -0.142. The molecule has 0 aromatic heterocycles. The van der Waals surface area contributed by atoms with Gasteiger partial charge in [0.25, 0.3) is 0 Å². The van der Waals surface area contributed by atoms with Gasteiger partial charge >= 0.3 is 5.97 Å². The van der Waals surface area contributed by atoms with E-state index in [0.29, 0.717) is 0 Å². The van der Waals surface area contributed by atoms with Gasteiger partial charge in [-0.15, -0.1) is 0 Å². The van der Waals surface area contributed by atoms with Gasteiger partial charge in [0.1, 0.15) is 6.04 Å². The number of likely N-dealkylation sites (N-methyl/N-ethyl adjacent to an activating group) is 1. The Balaban J connectivity index is 2.22. The van der Waals surface area contributed by atoms with Gasteiger partial charge in [-0.3, -0.25) is 4.79 Å². The summed E-state index contributed by atoms with van der Waals surface area (Å²) in [5.74, 6) is 0.673. The number of hydrogen-bond donors (Lipinski definition) is 1. The van der Waals surface area contributed by atoms with Gasteiger partial charge in [0.2, 0.25) is 0 Å². The monoisotopic (exact) mass is 217 g/mol. The van der Waals surface area contributed by atoms with E-state index in [1.54, 1.807) is 7.05 Å². The Hall–Kier alpha value is -0.220. The Morgan fingerprint density at radius 3 is 2.71 bits per heavy atom. The third kappa shape index (κ3) is 3.50. The molecular weight excluding hydrogens is 198 g/mol. The van der Waals surface area contributed by atoms with E-state index in [1.165, 1.54) is 32.8 Å². The van der Waals surface area contributed by atoms with Crippen molar-refractivity contribution >= 4 is 17.7 Å². The van der Waals surface area contributed by atoms with Gasteiger partial charge in [-0.1, -0.05) is 12.8 Å². The Labute approximate surface area is 90.0 Å².